The lowest BCUT2D eigenvalue weighted by Gasteiger charge is -2.12. The Morgan fingerprint density at radius 2 is 1.81 bits per heavy atom. The van der Waals surface area contributed by atoms with Gasteiger partial charge in [0, 0.05) is 28.6 Å². The van der Waals surface area contributed by atoms with E-state index >= 15 is 0 Å². The number of rotatable bonds is 8. The zero-order chi connectivity index (χ0) is 19.6. The van der Waals surface area contributed by atoms with E-state index in [2.05, 4.69) is 31.8 Å². The minimum Gasteiger partial charge on any atom is -0.490 e. The van der Waals surface area contributed by atoms with Crippen molar-refractivity contribution in [1.29, 1.82) is 0 Å². The molecule has 2 amide bonds. The van der Waals surface area contributed by atoms with Gasteiger partial charge in [-0.1, -0.05) is 34.1 Å². The molecule has 0 saturated carbocycles. The third-order valence-electron chi connectivity index (χ3n) is 3.36. The summed E-state index contributed by atoms with van der Waals surface area (Å²) >= 11 is 3.40. The molecule has 2 aromatic rings. The standard InChI is InChI=1S/C20H22BrN3O3/c1-14(2)27-18-9-8-16(21)12-15(18)13-22-24-20(26)11-10-19(25)23-17-6-4-3-5-7-17/h3-9,12-14H,10-11H2,1-2H3,(H,23,25)(H,24,26). The van der Waals surface area contributed by atoms with E-state index in [4.69, 9.17) is 4.74 Å². The predicted molar refractivity (Wildman–Crippen MR) is 110 cm³/mol. The molecule has 0 unspecified atom stereocenters. The number of anilines is 1. The Balaban J connectivity index is 1.83. The molecule has 2 rings (SSSR count). The number of nitrogens with one attached hydrogen (secondary N) is 2. The van der Waals surface area contributed by atoms with Crippen LogP contribution in [0.4, 0.5) is 5.69 Å². The van der Waals surface area contributed by atoms with Crippen LogP contribution in [0.25, 0.3) is 0 Å². The van der Waals surface area contributed by atoms with Crippen LogP contribution in [0, 0.1) is 0 Å². The van der Waals surface area contributed by atoms with Crippen molar-refractivity contribution in [3.63, 3.8) is 0 Å². The summed E-state index contributed by atoms with van der Waals surface area (Å²) in [7, 11) is 0. The number of hydrogen-bond donors (Lipinski definition) is 2. The van der Waals surface area contributed by atoms with Gasteiger partial charge in [-0.3, -0.25) is 9.59 Å². The van der Waals surface area contributed by atoms with Crippen LogP contribution in [-0.2, 0) is 9.59 Å². The topological polar surface area (TPSA) is 79.8 Å². The van der Waals surface area contributed by atoms with Crippen LogP contribution in [0.1, 0.15) is 32.3 Å². The zero-order valence-electron chi connectivity index (χ0n) is 15.2. The first-order chi connectivity index (χ1) is 12.9. The van der Waals surface area contributed by atoms with Crippen LogP contribution < -0.4 is 15.5 Å². The molecule has 0 aliphatic carbocycles. The molecule has 0 spiro atoms. The molecule has 0 fully saturated rings. The fraction of sp³-hybridized carbons (Fsp3) is 0.250. The van der Waals surface area contributed by atoms with Gasteiger partial charge in [0.05, 0.1) is 12.3 Å². The van der Waals surface area contributed by atoms with Crippen molar-refractivity contribution in [1.82, 2.24) is 5.43 Å². The first kappa shape index (κ1) is 20.6. The first-order valence-electron chi connectivity index (χ1n) is 8.57. The van der Waals surface area contributed by atoms with Crippen LogP contribution in [0.5, 0.6) is 5.75 Å². The molecule has 2 aromatic carbocycles. The average molecular weight is 432 g/mol. The summed E-state index contributed by atoms with van der Waals surface area (Å²) in [6, 6.07) is 14.7. The summed E-state index contributed by atoms with van der Waals surface area (Å²) in [6.45, 7) is 3.87. The number of ether oxygens (including phenoxy) is 1. The maximum atomic E-state index is 11.9. The lowest BCUT2D eigenvalue weighted by molar-refractivity contribution is -0.124. The van der Waals surface area contributed by atoms with Gasteiger partial charge in [-0.2, -0.15) is 5.10 Å². The van der Waals surface area contributed by atoms with Gasteiger partial charge >= 0.3 is 0 Å². The van der Waals surface area contributed by atoms with E-state index in [1.165, 1.54) is 6.21 Å². The van der Waals surface area contributed by atoms with Crippen molar-refractivity contribution in [2.24, 2.45) is 5.10 Å². The minimum atomic E-state index is -0.337. The molecule has 0 aliphatic rings. The Morgan fingerprint density at radius 3 is 2.52 bits per heavy atom. The second-order valence-corrected chi connectivity index (χ2v) is 6.97. The molecular formula is C20H22BrN3O3. The number of hydrogen-bond acceptors (Lipinski definition) is 4. The second-order valence-electron chi connectivity index (χ2n) is 6.06. The van der Waals surface area contributed by atoms with Crippen LogP contribution in [-0.4, -0.2) is 24.1 Å². The zero-order valence-corrected chi connectivity index (χ0v) is 16.8. The van der Waals surface area contributed by atoms with E-state index in [0.717, 1.165) is 10.0 Å². The van der Waals surface area contributed by atoms with Gasteiger partial charge in [0.25, 0.3) is 0 Å². The van der Waals surface area contributed by atoms with E-state index < -0.39 is 0 Å². The number of amides is 2. The summed E-state index contributed by atoms with van der Waals surface area (Å²) in [5.41, 5.74) is 3.87. The van der Waals surface area contributed by atoms with Crippen molar-refractivity contribution >= 4 is 39.6 Å². The highest BCUT2D eigenvalue weighted by Gasteiger charge is 2.08. The molecule has 0 atom stereocenters. The number of nitrogens with zero attached hydrogens (tertiary/aromatic N) is 1. The summed E-state index contributed by atoms with van der Waals surface area (Å²) in [5, 5.41) is 6.69. The van der Waals surface area contributed by atoms with Gasteiger partial charge in [0.15, 0.2) is 0 Å². The number of benzene rings is 2. The third-order valence-corrected chi connectivity index (χ3v) is 3.86. The Morgan fingerprint density at radius 1 is 1.11 bits per heavy atom. The van der Waals surface area contributed by atoms with Crippen molar-refractivity contribution in [2.75, 3.05) is 5.32 Å². The summed E-state index contributed by atoms with van der Waals surface area (Å²) < 4.78 is 6.59. The van der Waals surface area contributed by atoms with Crippen molar-refractivity contribution in [3.8, 4) is 5.75 Å². The average Bonchev–Trinajstić information content (AvgIpc) is 2.63. The van der Waals surface area contributed by atoms with Crippen molar-refractivity contribution < 1.29 is 14.3 Å². The quantitative estimate of drug-likeness (QED) is 0.487. The molecule has 27 heavy (non-hydrogen) atoms. The van der Waals surface area contributed by atoms with Gasteiger partial charge in [-0.25, -0.2) is 5.43 Å². The molecule has 6 nitrogen and oxygen atoms in total. The van der Waals surface area contributed by atoms with Gasteiger partial charge in [-0.05, 0) is 44.2 Å². The SMILES string of the molecule is CC(C)Oc1ccc(Br)cc1C=NNC(=O)CCC(=O)Nc1ccccc1. The van der Waals surface area contributed by atoms with E-state index in [1.807, 2.05) is 50.2 Å². The van der Waals surface area contributed by atoms with Crippen LogP contribution in [0.15, 0.2) is 58.1 Å². The Bertz CT molecular complexity index is 807. The van der Waals surface area contributed by atoms with Gasteiger partial charge in [0.1, 0.15) is 5.75 Å². The summed E-state index contributed by atoms with van der Waals surface area (Å²) in [4.78, 5) is 23.7. The van der Waals surface area contributed by atoms with Gasteiger partial charge < -0.3 is 10.1 Å². The molecule has 0 aromatic heterocycles. The van der Waals surface area contributed by atoms with Crippen molar-refractivity contribution in [3.05, 3.63) is 58.6 Å². The molecular weight excluding hydrogens is 410 g/mol. The largest absolute Gasteiger partial charge is 0.490 e. The fourth-order valence-electron chi connectivity index (χ4n) is 2.18. The molecule has 0 radical (unpaired) electrons. The monoisotopic (exact) mass is 431 g/mol. The lowest BCUT2D eigenvalue weighted by atomic mass is 10.2. The Kier molecular flexibility index (Phi) is 8.00. The van der Waals surface area contributed by atoms with E-state index in [-0.39, 0.29) is 30.8 Å². The van der Waals surface area contributed by atoms with Crippen LogP contribution in [0.3, 0.4) is 0 Å². The normalized spacial score (nSPS) is 10.8. The highest BCUT2D eigenvalue weighted by Crippen LogP contribution is 2.22. The maximum absolute atomic E-state index is 11.9. The highest BCUT2D eigenvalue weighted by molar-refractivity contribution is 9.10. The molecule has 7 heteroatoms. The smallest absolute Gasteiger partial charge is 0.240 e. The maximum Gasteiger partial charge on any atom is 0.240 e. The number of hydrazone groups is 1. The Hall–Kier alpha value is -2.67. The Labute approximate surface area is 167 Å². The molecule has 0 aliphatic heterocycles. The lowest BCUT2D eigenvalue weighted by Crippen LogP contribution is -2.20. The van der Waals surface area contributed by atoms with E-state index in [9.17, 15) is 9.59 Å². The van der Waals surface area contributed by atoms with Gasteiger partial charge in [-0.15, -0.1) is 0 Å². The first-order valence-corrected chi connectivity index (χ1v) is 9.36. The number of halogens is 1. The molecule has 142 valence electrons. The van der Waals surface area contributed by atoms with Crippen molar-refractivity contribution in [2.45, 2.75) is 32.8 Å². The second kappa shape index (κ2) is 10.5. The third kappa shape index (κ3) is 7.62. The summed E-state index contributed by atoms with van der Waals surface area (Å²) in [5.74, 6) is 0.115. The fourth-order valence-corrected chi connectivity index (χ4v) is 2.56. The number of carbonyl (C=O) groups is 2. The highest BCUT2D eigenvalue weighted by atomic mass is 79.9. The molecule has 2 N–H and O–H groups in total. The van der Waals surface area contributed by atoms with Crippen LogP contribution in [0.2, 0.25) is 0 Å². The molecule has 0 heterocycles. The summed E-state index contributed by atoms with van der Waals surface area (Å²) in [6.07, 6.45) is 1.67. The number of para-hydroxylation sites is 1. The van der Waals surface area contributed by atoms with Gasteiger partial charge in [0.2, 0.25) is 11.8 Å². The predicted octanol–water partition coefficient (Wildman–Crippen LogP) is 4.11. The van der Waals surface area contributed by atoms with Crippen LogP contribution >= 0.6 is 15.9 Å². The van der Waals surface area contributed by atoms with E-state index in [0.29, 0.717) is 11.4 Å². The molecule has 0 bridgehead atoms. The number of carbonyl (C=O) groups excluding carboxylic acids is 2. The van der Waals surface area contributed by atoms with E-state index in [1.54, 1.807) is 12.1 Å². The molecule has 0 saturated heterocycles. The minimum absolute atomic E-state index is 0.0241.